The van der Waals surface area contributed by atoms with Crippen molar-refractivity contribution in [3.63, 3.8) is 0 Å². The molecule has 0 amide bonds. The van der Waals surface area contributed by atoms with Gasteiger partial charge in [0.25, 0.3) is 0 Å². The van der Waals surface area contributed by atoms with Crippen LogP contribution in [0.3, 0.4) is 0 Å². The minimum Gasteiger partial charge on any atom is -0.371 e. The van der Waals surface area contributed by atoms with Crippen LogP contribution in [0.15, 0.2) is 18.2 Å². The quantitative estimate of drug-likeness (QED) is 0.644. The Hall–Kier alpha value is -1.18. The van der Waals surface area contributed by atoms with Crippen molar-refractivity contribution in [1.82, 2.24) is 0 Å². The van der Waals surface area contributed by atoms with Gasteiger partial charge in [0.05, 0.1) is 11.4 Å². The van der Waals surface area contributed by atoms with Crippen molar-refractivity contribution in [1.29, 1.82) is 0 Å². The van der Waals surface area contributed by atoms with E-state index in [1.165, 1.54) is 16.9 Å². The summed E-state index contributed by atoms with van der Waals surface area (Å²) in [5, 5.41) is 0. The fourth-order valence-electron chi connectivity index (χ4n) is 1.80. The molecule has 0 fully saturated rings. The van der Waals surface area contributed by atoms with Gasteiger partial charge in [0, 0.05) is 27.2 Å². The lowest BCUT2D eigenvalue weighted by Gasteiger charge is -2.34. The van der Waals surface area contributed by atoms with Crippen LogP contribution in [0, 0.1) is 6.92 Å². The first-order valence-electron chi connectivity index (χ1n) is 5.71. The van der Waals surface area contributed by atoms with Crippen LogP contribution >= 0.6 is 0 Å². The summed E-state index contributed by atoms with van der Waals surface area (Å²) >= 11 is 0. The third kappa shape index (κ3) is 2.44. The Morgan fingerprint density at radius 1 is 0.933 bits per heavy atom. The number of benzene rings is 1. The van der Waals surface area contributed by atoms with Crippen molar-refractivity contribution in [2.24, 2.45) is 0 Å². The molecule has 1 aliphatic heterocycles. The van der Waals surface area contributed by atoms with Crippen LogP contribution in [-0.4, -0.2) is 27.2 Å². The van der Waals surface area contributed by atoms with Crippen molar-refractivity contribution in [3.05, 3.63) is 23.8 Å². The van der Waals surface area contributed by atoms with E-state index in [1.807, 2.05) is 13.8 Å². The van der Waals surface area contributed by atoms with Gasteiger partial charge in [-0.25, -0.2) is 0 Å². The molecule has 1 aliphatic rings. The van der Waals surface area contributed by atoms with Gasteiger partial charge in [-0.05, 0) is 24.6 Å². The van der Waals surface area contributed by atoms with E-state index < -0.39 is 0 Å². The van der Waals surface area contributed by atoms with E-state index in [2.05, 4.69) is 49.0 Å². The number of hydrogen-bond acceptors (Lipinski definition) is 2. The summed E-state index contributed by atoms with van der Waals surface area (Å²) < 4.78 is 0. The largest absolute Gasteiger partial charge is 0.371 e. The molecule has 1 heterocycles. The van der Waals surface area contributed by atoms with Crippen LogP contribution in [0.5, 0.6) is 0 Å². The third-order valence-corrected chi connectivity index (χ3v) is 2.72. The highest BCUT2D eigenvalue weighted by molar-refractivity contribution is 5.73. The summed E-state index contributed by atoms with van der Waals surface area (Å²) in [6, 6.07) is 6.64. The van der Waals surface area contributed by atoms with Crippen LogP contribution < -0.4 is 9.80 Å². The van der Waals surface area contributed by atoms with Crippen LogP contribution in [0.2, 0.25) is 0 Å². The molecule has 1 aromatic carbocycles. The van der Waals surface area contributed by atoms with Gasteiger partial charge in [0.1, 0.15) is 0 Å². The third-order valence-electron chi connectivity index (χ3n) is 2.72. The maximum atomic E-state index is 2.32. The van der Waals surface area contributed by atoms with Gasteiger partial charge in [-0.2, -0.15) is 0 Å². The molecule has 2 heteroatoms. The lowest BCUT2D eigenvalue weighted by molar-refractivity contribution is 0.797. The predicted octanol–water partition coefficient (Wildman–Crippen LogP) is 2.91. The molecule has 0 radical (unpaired) electrons. The van der Waals surface area contributed by atoms with Crippen molar-refractivity contribution in [2.75, 3.05) is 37.0 Å². The highest BCUT2D eigenvalue weighted by atomic mass is 15.2. The number of aryl methyl sites for hydroxylation is 1. The minimum absolute atomic E-state index is 1.12. The van der Waals surface area contributed by atoms with Gasteiger partial charge in [-0.3, -0.25) is 0 Å². The maximum Gasteiger partial charge on any atom is 0.0604 e. The Morgan fingerprint density at radius 3 is 2.07 bits per heavy atom. The monoisotopic (exact) mass is 206 g/mol. The Labute approximate surface area is 93.5 Å². The van der Waals surface area contributed by atoms with Crippen LogP contribution in [-0.2, 0) is 0 Å². The number of anilines is 2. The molecule has 0 saturated heterocycles. The molecule has 0 saturated carbocycles. The molecule has 84 valence electrons. The first kappa shape index (κ1) is 11.9. The number of hydrogen-bond donors (Lipinski definition) is 0. The molecule has 0 spiro atoms. The van der Waals surface area contributed by atoms with Crippen LogP contribution in [0.25, 0.3) is 0 Å². The number of nitrogens with zero attached hydrogens (tertiary/aromatic N) is 2. The summed E-state index contributed by atoms with van der Waals surface area (Å²) in [4.78, 5) is 4.64. The molecule has 0 aliphatic carbocycles. The lowest BCUT2D eigenvalue weighted by atomic mass is 10.1. The SMILES string of the molecule is CC.Cc1ccc2c(c1)N(C)CCN2C. The van der Waals surface area contributed by atoms with Gasteiger partial charge in [-0.1, -0.05) is 19.9 Å². The van der Waals surface area contributed by atoms with E-state index in [4.69, 9.17) is 0 Å². The van der Waals surface area contributed by atoms with Crippen molar-refractivity contribution in [3.8, 4) is 0 Å². The Kier molecular flexibility index (Phi) is 4.01. The van der Waals surface area contributed by atoms with Crippen LogP contribution in [0.1, 0.15) is 19.4 Å². The zero-order valence-electron chi connectivity index (χ0n) is 10.5. The molecule has 0 bridgehead atoms. The van der Waals surface area contributed by atoms with Crippen molar-refractivity contribution < 1.29 is 0 Å². The van der Waals surface area contributed by atoms with Gasteiger partial charge in [0.15, 0.2) is 0 Å². The predicted molar refractivity (Wildman–Crippen MR) is 69.1 cm³/mol. The molecular weight excluding hydrogens is 184 g/mol. The maximum absolute atomic E-state index is 2.32. The fraction of sp³-hybridized carbons (Fsp3) is 0.538. The van der Waals surface area contributed by atoms with E-state index in [0.717, 1.165) is 13.1 Å². The zero-order valence-corrected chi connectivity index (χ0v) is 10.5. The van der Waals surface area contributed by atoms with E-state index in [0.29, 0.717) is 0 Å². The normalized spacial score (nSPS) is 14.2. The van der Waals surface area contributed by atoms with Gasteiger partial charge >= 0.3 is 0 Å². The van der Waals surface area contributed by atoms with E-state index in [-0.39, 0.29) is 0 Å². The minimum atomic E-state index is 1.12. The highest BCUT2D eigenvalue weighted by Gasteiger charge is 2.16. The van der Waals surface area contributed by atoms with Crippen molar-refractivity contribution in [2.45, 2.75) is 20.8 Å². The van der Waals surface area contributed by atoms with E-state index >= 15 is 0 Å². The summed E-state index contributed by atoms with van der Waals surface area (Å²) in [5.74, 6) is 0. The molecule has 0 N–H and O–H groups in total. The standard InChI is InChI=1S/C11H16N2.C2H6/c1-9-4-5-10-11(8-9)13(3)7-6-12(10)2;1-2/h4-5,8H,6-7H2,1-3H3;1-2H3. The summed E-state index contributed by atoms with van der Waals surface area (Å²) in [7, 11) is 4.31. The summed E-state index contributed by atoms with van der Waals surface area (Å²) in [6.45, 7) is 8.38. The topological polar surface area (TPSA) is 6.48 Å². The number of fused-ring (bicyclic) bond motifs is 1. The molecule has 2 nitrogen and oxygen atoms in total. The molecule has 2 rings (SSSR count). The second-order valence-corrected chi connectivity index (χ2v) is 3.84. The van der Waals surface area contributed by atoms with Crippen LogP contribution in [0.4, 0.5) is 11.4 Å². The number of rotatable bonds is 0. The summed E-state index contributed by atoms with van der Waals surface area (Å²) in [5.41, 5.74) is 4.04. The van der Waals surface area contributed by atoms with Gasteiger partial charge < -0.3 is 9.80 Å². The highest BCUT2D eigenvalue weighted by Crippen LogP contribution is 2.31. The van der Waals surface area contributed by atoms with Crippen molar-refractivity contribution >= 4 is 11.4 Å². The Bertz CT molecular complexity index is 320. The average molecular weight is 206 g/mol. The first-order valence-corrected chi connectivity index (χ1v) is 5.71. The molecule has 0 unspecified atom stereocenters. The van der Waals surface area contributed by atoms with Gasteiger partial charge in [0.2, 0.25) is 0 Å². The fourth-order valence-corrected chi connectivity index (χ4v) is 1.80. The molecular formula is C13H22N2. The zero-order chi connectivity index (χ0) is 11.4. The second kappa shape index (κ2) is 5.06. The van der Waals surface area contributed by atoms with E-state index in [9.17, 15) is 0 Å². The molecule has 0 aromatic heterocycles. The smallest absolute Gasteiger partial charge is 0.0604 e. The average Bonchev–Trinajstić information content (AvgIpc) is 2.27. The molecule has 1 aromatic rings. The van der Waals surface area contributed by atoms with E-state index in [1.54, 1.807) is 0 Å². The molecule has 15 heavy (non-hydrogen) atoms. The molecule has 0 atom stereocenters. The lowest BCUT2D eigenvalue weighted by Crippen LogP contribution is -2.36. The van der Waals surface area contributed by atoms with Gasteiger partial charge in [-0.15, -0.1) is 0 Å². The Morgan fingerprint density at radius 2 is 1.47 bits per heavy atom. The number of likely N-dealkylation sites (N-methyl/N-ethyl adjacent to an activating group) is 2. The summed E-state index contributed by atoms with van der Waals surface area (Å²) in [6.07, 6.45) is 0. The second-order valence-electron chi connectivity index (χ2n) is 3.84. The first-order chi connectivity index (χ1) is 7.18. The Balaban J connectivity index is 0.000000531.